The van der Waals surface area contributed by atoms with E-state index >= 15 is 0 Å². The van der Waals surface area contributed by atoms with Crippen molar-refractivity contribution in [2.75, 3.05) is 5.32 Å². The van der Waals surface area contributed by atoms with E-state index in [4.69, 9.17) is 0 Å². The molecule has 2 heterocycles. The fourth-order valence-electron chi connectivity index (χ4n) is 3.83. The van der Waals surface area contributed by atoms with E-state index in [0.717, 1.165) is 33.3 Å². The number of nitrogens with zero attached hydrogens (tertiary/aromatic N) is 2. The second kappa shape index (κ2) is 8.86. The number of aromatic nitrogens is 3. The number of carbonyl (C=O) groups excluding carboxylic acids is 1. The van der Waals surface area contributed by atoms with Gasteiger partial charge in [-0.05, 0) is 41.1 Å². The molecule has 2 aromatic heterocycles. The number of amides is 1. The van der Waals surface area contributed by atoms with Crippen LogP contribution in [-0.4, -0.2) is 20.9 Å². The molecular formula is C27H22N4O. The summed E-state index contributed by atoms with van der Waals surface area (Å²) in [4.78, 5) is 25.5. The van der Waals surface area contributed by atoms with Gasteiger partial charge in [-0.3, -0.25) is 9.78 Å². The molecule has 156 valence electrons. The normalized spacial score (nSPS) is 11.9. The van der Waals surface area contributed by atoms with E-state index < -0.39 is 5.92 Å². The number of fused-ring (bicyclic) bond motifs is 1. The summed E-state index contributed by atoms with van der Waals surface area (Å²) in [6.45, 7) is 0. The summed E-state index contributed by atoms with van der Waals surface area (Å²) in [6.07, 6.45) is 5.90. The molecule has 2 N–H and O–H groups in total. The van der Waals surface area contributed by atoms with Gasteiger partial charge in [-0.2, -0.15) is 0 Å². The number of aromatic amines is 1. The number of H-pyrrole nitrogens is 1. The smallest absolute Gasteiger partial charge is 0.235 e. The third-order valence-corrected chi connectivity index (χ3v) is 5.52. The fourth-order valence-corrected chi connectivity index (χ4v) is 3.83. The molecule has 0 aliphatic carbocycles. The van der Waals surface area contributed by atoms with E-state index in [1.54, 1.807) is 12.4 Å². The van der Waals surface area contributed by atoms with E-state index in [0.29, 0.717) is 12.2 Å². The summed E-state index contributed by atoms with van der Waals surface area (Å²) in [5, 5.41) is 5.14. The first-order valence-corrected chi connectivity index (χ1v) is 10.6. The average Bonchev–Trinajstić information content (AvgIpc) is 3.33. The van der Waals surface area contributed by atoms with Crippen LogP contribution in [0.15, 0.2) is 104 Å². The van der Waals surface area contributed by atoms with Gasteiger partial charge in [-0.1, -0.05) is 66.7 Å². The van der Waals surface area contributed by atoms with Gasteiger partial charge in [0.1, 0.15) is 11.7 Å². The third kappa shape index (κ3) is 4.27. The lowest BCUT2D eigenvalue weighted by Gasteiger charge is -2.16. The minimum atomic E-state index is -0.456. The van der Waals surface area contributed by atoms with Crippen LogP contribution in [0.2, 0.25) is 0 Å². The van der Waals surface area contributed by atoms with Gasteiger partial charge in [-0.15, -0.1) is 0 Å². The van der Waals surface area contributed by atoms with Crippen LogP contribution in [0, 0.1) is 0 Å². The van der Waals surface area contributed by atoms with Crippen LogP contribution in [0.25, 0.3) is 22.0 Å². The lowest BCUT2D eigenvalue weighted by Crippen LogP contribution is -2.24. The summed E-state index contributed by atoms with van der Waals surface area (Å²) >= 11 is 0. The van der Waals surface area contributed by atoms with Crippen molar-refractivity contribution in [1.82, 2.24) is 15.0 Å². The molecule has 0 aliphatic heterocycles. The Morgan fingerprint density at radius 3 is 2.47 bits per heavy atom. The number of benzene rings is 3. The van der Waals surface area contributed by atoms with Crippen molar-refractivity contribution in [2.45, 2.75) is 12.3 Å². The van der Waals surface area contributed by atoms with Crippen molar-refractivity contribution in [3.8, 4) is 11.3 Å². The molecule has 0 spiro atoms. The molecule has 5 nitrogen and oxygen atoms in total. The Labute approximate surface area is 186 Å². The molecule has 0 bridgehead atoms. The van der Waals surface area contributed by atoms with Crippen LogP contribution in [0.5, 0.6) is 0 Å². The van der Waals surface area contributed by atoms with Gasteiger partial charge in [0.05, 0.1) is 11.9 Å². The second-order valence-electron chi connectivity index (χ2n) is 7.72. The van der Waals surface area contributed by atoms with Crippen LogP contribution < -0.4 is 5.32 Å². The van der Waals surface area contributed by atoms with Gasteiger partial charge >= 0.3 is 0 Å². The van der Waals surface area contributed by atoms with Crippen molar-refractivity contribution in [1.29, 1.82) is 0 Å². The summed E-state index contributed by atoms with van der Waals surface area (Å²) in [6, 6.07) is 27.8. The molecule has 5 heteroatoms. The highest BCUT2D eigenvalue weighted by Gasteiger charge is 2.24. The van der Waals surface area contributed by atoms with E-state index in [-0.39, 0.29) is 5.91 Å². The lowest BCUT2D eigenvalue weighted by atomic mass is 9.97. The van der Waals surface area contributed by atoms with Crippen molar-refractivity contribution < 1.29 is 4.79 Å². The van der Waals surface area contributed by atoms with Crippen molar-refractivity contribution in [3.63, 3.8) is 0 Å². The van der Waals surface area contributed by atoms with Crippen LogP contribution in [0.3, 0.4) is 0 Å². The van der Waals surface area contributed by atoms with Crippen LogP contribution in [0.4, 0.5) is 5.69 Å². The standard InChI is InChI=1S/C27H22N4O/c32-27(30-23-12-11-22-17-28-14-13-21(22)16-23)24(15-19-7-3-1-4-8-19)26-29-18-25(31-26)20-9-5-2-6-10-20/h1-14,16-18,24H,15H2,(H,29,31)(H,30,32). The van der Waals surface area contributed by atoms with Gasteiger partial charge < -0.3 is 10.3 Å². The van der Waals surface area contributed by atoms with Gasteiger partial charge in [0, 0.05) is 23.5 Å². The maximum Gasteiger partial charge on any atom is 0.235 e. The molecule has 3 aromatic carbocycles. The minimum absolute atomic E-state index is 0.101. The van der Waals surface area contributed by atoms with Crippen LogP contribution in [0.1, 0.15) is 17.3 Å². The Morgan fingerprint density at radius 2 is 1.66 bits per heavy atom. The number of carbonyl (C=O) groups is 1. The molecule has 32 heavy (non-hydrogen) atoms. The maximum atomic E-state index is 13.4. The van der Waals surface area contributed by atoms with Crippen molar-refractivity contribution >= 4 is 22.4 Å². The SMILES string of the molecule is O=C(Nc1ccc2cnccc2c1)C(Cc1ccccc1)c1ncc(-c2ccccc2)[nH]1. The molecule has 5 rings (SSSR count). The quantitative estimate of drug-likeness (QED) is 0.378. The third-order valence-electron chi connectivity index (χ3n) is 5.52. The Hall–Kier alpha value is -4.25. The minimum Gasteiger partial charge on any atom is -0.341 e. The number of hydrogen-bond donors (Lipinski definition) is 2. The summed E-state index contributed by atoms with van der Waals surface area (Å²) in [7, 11) is 0. The predicted octanol–water partition coefficient (Wildman–Crippen LogP) is 5.59. The molecule has 0 fully saturated rings. The Morgan fingerprint density at radius 1 is 0.875 bits per heavy atom. The molecule has 1 atom stereocenters. The molecule has 1 amide bonds. The molecule has 1 unspecified atom stereocenters. The topological polar surface area (TPSA) is 70.7 Å². The first kappa shape index (κ1) is 19.7. The van der Waals surface area contributed by atoms with Gasteiger partial charge in [0.25, 0.3) is 0 Å². The molecule has 0 saturated heterocycles. The number of imidazole rings is 1. The van der Waals surface area contributed by atoms with Crippen molar-refractivity contribution in [3.05, 3.63) is 115 Å². The number of rotatable bonds is 6. The molecule has 0 radical (unpaired) electrons. The largest absolute Gasteiger partial charge is 0.341 e. The molecule has 0 aliphatic rings. The Balaban J connectivity index is 1.45. The van der Waals surface area contributed by atoms with Crippen LogP contribution >= 0.6 is 0 Å². The highest BCUT2D eigenvalue weighted by atomic mass is 16.1. The summed E-state index contributed by atoms with van der Waals surface area (Å²) < 4.78 is 0. The zero-order chi connectivity index (χ0) is 21.8. The monoisotopic (exact) mass is 418 g/mol. The second-order valence-corrected chi connectivity index (χ2v) is 7.72. The molecular weight excluding hydrogens is 396 g/mol. The summed E-state index contributed by atoms with van der Waals surface area (Å²) in [5.74, 6) is 0.0921. The van der Waals surface area contributed by atoms with Gasteiger partial charge in [0.15, 0.2) is 0 Å². The lowest BCUT2D eigenvalue weighted by molar-refractivity contribution is -0.117. The number of nitrogens with one attached hydrogen (secondary N) is 2. The zero-order valence-corrected chi connectivity index (χ0v) is 17.4. The predicted molar refractivity (Wildman–Crippen MR) is 127 cm³/mol. The average molecular weight is 419 g/mol. The number of hydrogen-bond acceptors (Lipinski definition) is 3. The highest BCUT2D eigenvalue weighted by molar-refractivity contribution is 5.97. The molecule has 0 saturated carbocycles. The van der Waals surface area contributed by atoms with E-state index in [2.05, 4.69) is 20.3 Å². The van der Waals surface area contributed by atoms with Gasteiger partial charge in [-0.25, -0.2) is 4.98 Å². The first-order chi connectivity index (χ1) is 15.8. The number of pyridine rings is 1. The fraction of sp³-hybridized carbons (Fsp3) is 0.0741. The van der Waals surface area contributed by atoms with E-state index in [1.165, 1.54) is 0 Å². The van der Waals surface area contributed by atoms with E-state index in [9.17, 15) is 4.79 Å². The maximum absolute atomic E-state index is 13.4. The first-order valence-electron chi connectivity index (χ1n) is 10.6. The van der Waals surface area contributed by atoms with E-state index in [1.807, 2.05) is 91.1 Å². The van der Waals surface area contributed by atoms with Gasteiger partial charge in [0.2, 0.25) is 5.91 Å². The van der Waals surface area contributed by atoms with Crippen LogP contribution in [-0.2, 0) is 11.2 Å². The summed E-state index contributed by atoms with van der Waals surface area (Å²) in [5.41, 5.74) is 3.76. The molecule has 5 aromatic rings. The zero-order valence-electron chi connectivity index (χ0n) is 17.4. The Bertz CT molecular complexity index is 1350. The number of anilines is 1. The highest BCUT2D eigenvalue weighted by Crippen LogP contribution is 2.25. The van der Waals surface area contributed by atoms with Crippen molar-refractivity contribution in [2.24, 2.45) is 0 Å². The Kier molecular flexibility index (Phi) is 5.45.